The molecule has 0 N–H and O–H groups in total. The average molecular weight is 258 g/mol. The number of allylic oxidation sites excluding steroid dienone is 4. The molecule has 0 amide bonds. The maximum absolute atomic E-state index is 2.12. The number of hydrogen-bond donors (Lipinski definition) is 0. The van der Waals surface area contributed by atoms with Crippen LogP contribution in [0.1, 0.15) is 6.42 Å². The monoisotopic (exact) mass is 259 g/mol. The van der Waals surface area contributed by atoms with Crippen molar-refractivity contribution in [3.05, 3.63) is 24.3 Å². The third kappa shape index (κ3) is 1.54. The van der Waals surface area contributed by atoms with E-state index in [1.54, 1.807) is 0 Å². The maximum Gasteiger partial charge on any atom is 0 e. The minimum absolute atomic E-state index is 0. The molecule has 0 bridgehead atoms. The van der Waals surface area contributed by atoms with Crippen molar-refractivity contribution >= 4 is 0 Å². The summed E-state index contributed by atoms with van der Waals surface area (Å²) in [5, 5.41) is 0. The van der Waals surface area contributed by atoms with E-state index >= 15 is 0 Å². The van der Waals surface area contributed by atoms with Crippen LogP contribution in [0.15, 0.2) is 24.3 Å². The van der Waals surface area contributed by atoms with Crippen molar-refractivity contribution in [3.63, 3.8) is 0 Å². The van der Waals surface area contributed by atoms with Gasteiger partial charge in [0.25, 0.3) is 0 Å². The fourth-order valence-electron chi connectivity index (χ4n) is 0.393. The van der Waals surface area contributed by atoms with Crippen molar-refractivity contribution < 1.29 is 20.1 Å². The molecule has 0 saturated heterocycles. The first kappa shape index (κ1) is 6.13. The summed E-state index contributed by atoms with van der Waals surface area (Å²) in [6.07, 6.45) is 9.50. The summed E-state index contributed by atoms with van der Waals surface area (Å²) in [7, 11) is 0. The Morgan fingerprint density at radius 2 is 1.50 bits per heavy atom. The van der Waals surface area contributed by atoms with E-state index in [-0.39, 0.29) is 20.1 Å². The first-order chi connectivity index (χ1) is 2.50. The van der Waals surface area contributed by atoms with Crippen LogP contribution >= 0.6 is 0 Å². The molecule has 0 aromatic carbocycles. The van der Waals surface area contributed by atoms with Gasteiger partial charge in [-0.25, -0.2) is 0 Å². The molecule has 0 heterocycles. The van der Waals surface area contributed by atoms with E-state index in [1.165, 1.54) is 0 Å². The van der Waals surface area contributed by atoms with Gasteiger partial charge >= 0.3 is 0 Å². The Morgan fingerprint density at radius 3 is 1.67 bits per heavy atom. The average Bonchev–Trinajstić information content (AvgIpc) is 1.76. The minimum atomic E-state index is 0. The number of hydrogen-bond acceptors (Lipinski definition) is 0. The molecule has 6 heavy (non-hydrogen) atoms. The summed E-state index contributed by atoms with van der Waals surface area (Å²) in [6.45, 7) is 0. The van der Waals surface area contributed by atoms with Gasteiger partial charge in [-0.05, 0) is 6.42 Å². The Kier molecular flexibility index (Phi) is 3.40. The van der Waals surface area contributed by atoms with Crippen LogP contribution in [0.5, 0.6) is 0 Å². The fourth-order valence-corrected chi connectivity index (χ4v) is 0.393. The molecule has 1 aliphatic carbocycles. The molecule has 0 atom stereocenters. The molecule has 0 fully saturated rings. The summed E-state index contributed by atoms with van der Waals surface area (Å²) in [4.78, 5) is 0. The molecule has 1 rings (SSSR count). The van der Waals surface area contributed by atoms with Crippen molar-refractivity contribution in [2.24, 2.45) is 0 Å². The molecule has 0 saturated carbocycles. The minimum Gasteiger partial charge on any atom is -0.0808 e. The van der Waals surface area contributed by atoms with E-state index in [4.69, 9.17) is 0 Å². The largest absolute Gasteiger partial charge is 0.0808 e. The van der Waals surface area contributed by atoms with E-state index in [9.17, 15) is 0 Å². The summed E-state index contributed by atoms with van der Waals surface area (Å²) in [6, 6.07) is 0. The summed E-state index contributed by atoms with van der Waals surface area (Å²) >= 11 is 0. The Bertz CT molecular complexity index is 62.0. The molecule has 0 nitrogen and oxygen atoms in total. The summed E-state index contributed by atoms with van der Waals surface area (Å²) in [5.41, 5.74) is 0. The Hall–Kier alpha value is 0.129. The Balaban J connectivity index is 0.000000250. The van der Waals surface area contributed by atoms with Gasteiger partial charge in [-0.2, -0.15) is 0 Å². The SMILES string of the molecule is C1=CCC=C1.[Ir]. The fraction of sp³-hybridized carbons (Fsp3) is 0.200. The van der Waals surface area contributed by atoms with Crippen LogP contribution in [0.2, 0.25) is 0 Å². The normalized spacial score (nSPS) is 14.7. The van der Waals surface area contributed by atoms with Crippen LogP contribution in [-0.2, 0) is 20.1 Å². The zero-order valence-electron chi connectivity index (χ0n) is 3.35. The second-order valence-corrected chi connectivity index (χ2v) is 1.09. The third-order valence-electron chi connectivity index (χ3n) is 0.655. The molecule has 35 valence electrons. The Morgan fingerprint density at radius 1 is 1.00 bits per heavy atom. The van der Waals surface area contributed by atoms with Crippen LogP contribution in [0.4, 0.5) is 0 Å². The van der Waals surface area contributed by atoms with Gasteiger partial charge in [-0.1, -0.05) is 24.3 Å². The first-order valence-electron chi connectivity index (χ1n) is 1.82. The molecule has 1 radical (unpaired) electrons. The van der Waals surface area contributed by atoms with Gasteiger partial charge < -0.3 is 0 Å². The molecule has 0 aromatic heterocycles. The molecule has 0 unspecified atom stereocenters. The van der Waals surface area contributed by atoms with E-state index in [0.29, 0.717) is 0 Å². The standard InChI is InChI=1S/C5H6.Ir/c1-2-4-5-3-1;/h1-4H,5H2;. The van der Waals surface area contributed by atoms with Crippen molar-refractivity contribution in [1.82, 2.24) is 0 Å². The molecular weight excluding hydrogens is 252 g/mol. The zero-order chi connectivity index (χ0) is 3.54. The van der Waals surface area contributed by atoms with Crippen LogP contribution in [0, 0.1) is 0 Å². The van der Waals surface area contributed by atoms with Crippen LogP contribution < -0.4 is 0 Å². The molecule has 0 aromatic rings. The van der Waals surface area contributed by atoms with Crippen LogP contribution in [-0.4, -0.2) is 0 Å². The van der Waals surface area contributed by atoms with Gasteiger partial charge in [0.15, 0.2) is 0 Å². The van der Waals surface area contributed by atoms with E-state index < -0.39 is 0 Å². The summed E-state index contributed by atoms with van der Waals surface area (Å²) in [5.74, 6) is 0. The van der Waals surface area contributed by atoms with Gasteiger partial charge in [0.05, 0.1) is 0 Å². The van der Waals surface area contributed by atoms with Crippen molar-refractivity contribution in [1.29, 1.82) is 0 Å². The second-order valence-electron chi connectivity index (χ2n) is 1.09. The van der Waals surface area contributed by atoms with Crippen LogP contribution in [0.3, 0.4) is 0 Å². The topological polar surface area (TPSA) is 0 Å². The maximum atomic E-state index is 2.12. The quantitative estimate of drug-likeness (QED) is 0.618. The zero-order valence-corrected chi connectivity index (χ0v) is 5.74. The van der Waals surface area contributed by atoms with E-state index in [1.807, 2.05) is 0 Å². The van der Waals surface area contributed by atoms with Gasteiger partial charge in [-0.15, -0.1) is 0 Å². The van der Waals surface area contributed by atoms with E-state index in [0.717, 1.165) is 6.42 Å². The van der Waals surface area contributed by atoms with Crippen LogP contribution in [0.25, 0.3) is 0 Å². The molecule has 0 spiro atoms. The van der Waals surface area contributed by atoms with Gasteiger partial charge in [0.2, 0.25) is 0 Å². The molecule has 1 aliphatic rings. The van der Waals surface area contributed by atoms with Gasteiger partial charge in [0.1, 0.15) is 0 Å². The summed E-state index contributed by atoms with van der Waals surface area (Å²) < 4.78 is 0. The molecular formula is C5H6Ir. The predicted octanol–water partition coefficient (Wildman–Crippen LogP) is 1.50. The number of rotatable bonds is 0. The van der Waals surface area contributed by atoms with E-state index in [2.05, 4.69) is 24.3 Å². The second kappa shape index (κ2) is 3.32. The first-order valence-corrected chi connectivity index (χ1v) is 1.82. The van der Waals surface area contributed by atoms with Gasteiger partial charge in [0, 0.05) is 20.1 Å². The third-order valence-corrected chi connectivity index (χ3v) is 0.655. The Labute approximate surface area is 51.3 Å². The van der Waals surface area contributed by atoms with Crippen molar-refractivity contribution in [2.45, 2.75) is 6.42 Å². The predicted molar refractivity (Wildman–Crippen MR) is 22.9 cm³/mol. The molecule has 1 heteroatoms. The van der Waals surface area contributed by atoms with Crippen molar-refractivity contribution in [2.75, 3.05) is 0 Å². The van der Waals surface area contributed by atoms with Crippen molar-refractivity contribution in [3.8, 4) is 0 Å². The van der Waals surface area contributed by atoms with Gasteiger partial charge in [-0.3, -0.25) is 0 Å². The molecule has 0 aliphatic heterocycles. The smallest absolute Gasteiger partial charge is 0 e.